The van der Waals surface area contributed by atoms with E-state index in [1.54, 1.807) is 6.07 Å². The molecule has 0 radical (unpaired) electrons. The number of piperazine rings is 1. The number of hydrogen-bond acceptors (Lipinski definition) is 4. The van der Waals surface area contributed by atoms with Crippen LogP contribution in [0, 0.1) is 5.92 Å². The second kappa shape index (κ2) is 8.56. The average molecular weight is 393 g/mol. The number of nitrogens with zero attached hydrogens (tertiary/aromatic N) is 2. The lowest BCUT2D eigenvalue weighted by molar-refractivity contribution is 0.0350. The molecule has 4 rings (SSSR count). The highest BCUT2D eigenvalue weighted by Crippen LogP contribution is 2.31. The number of benzene rings is 2. The number of rotatable bonds is 6. The standard InChI is InChI=1S/C24H32N4O/c1-17-14-28(18(2)13-27(17)15-19-7-8-19)16-20-9-11-21(12-10-20)24(29)26-23-6-4-3-5-22(23)25/h3-6,9-12,17-19H,7-8,13-16,25H2,1-2H3,(H,26,29). The van der Waals surface area contributed by atoms with Gasteiger partial charge in [-0.2, -0.15) is 0 Å². The summed E-state index contributed by atoms with van der Waals surface area (Å²) in [5, 5.41) is 2.89. The molecule has 1 aliphatic carbocycles. The summed E-state index contributed by atoms with van der Waals surface area (Å²) in [6.07, 6.45) is 2.83. The van der Waals surface area contributed by atoms with Gasteiger partial charge in [-0.3, -0.25) is 14.6 Å². The zero-order valence-electron chi connectivity index (χ0n) is 17.5. The van der Waals surface area contributed by atoms with Gasteiger partial charge < -0.3 is 11.1 Å². The van der Waals surface area contributed by atoms with Crippen molar-refractivity contribution in [1.82, 2.24) is 9.80 Å². The first kappa shape index (κ1) is 19.9. The highest BCUT2D eigenvalue weighted by molar-refractivity contribution is 6.05. The van der Waals surface area contributed by atoms with E-state index in [2.05, 4.69) is 41.1 Å². The van der Waals surface area contributed by atoms with Crippen LogP contribution < -0.4 is 11.1 Å². The van der Waals surface area contributed by atoms with Gasteiger partial charge in [0, 0.05) is 43.8 Å². The molecule has 1 saturated carbocycles. The van der Waals surface area contributed by atoms with Crippen LogP contribution in [0.1, 0.15) is 42.6 Å². The lowest BCUT2D eigenvalue weighted by atomic mass is 10.1. The fourth-order valence-corrected chi connectivity index (χ4v) is 4.18. The van der Waals surface area contributed by atoms with Crippen molar-refractivity contribution in [2.24, 2.45) is 5.92 Å². The van der Waals surface area contributed by atoms with E-state index >= 15 is 0 Å². The summed E-state index contributed by atoms with van der Waals surface area (Å²) < 4.78 is 0. The van der Waals surface area contributed by atoms with E-state index in [9.17, 15) is 4.79 Å². The molecule has 0 bridgehead atoms. The van der Waals surface area contributed by atoms with Gasteiger partial charge >= 0.3 is 0 Å². The fourth-order valence-electron chi connectivity index (χ4n) is 4.18. The van der Waals surface area contributed by atoms with Crippen LogP contribution in [0.5, 0.6) is 0 Å². The van der Waals surface area contributed by atoms with E-state index in [-0.39, 0.29) is 5.91 Å². The molecule has 0 aromatic heterocycles. The van der Waals surface area contributed by atoms with Crippen molar-refractivity contribution < 1.29 is 4.79 Å². The molecule has 1 heterocycles. The van der Waals surface area contributed by atoms with Crippen molar-refractivity contribution in [2.45, 2.75) is 45.3 Å². The molecule has 2 fully saturated rings. The molecule has 5 nitrogen and oxygen atoms in total. The number of anilines is 2. The largest absolute Gasteiger partial charge is 0.397 e. The molecule has 1 aliphatic heterocycles. The molecule has 3 N–H and O–H groups in total. The summed E-state index contributed by atoms with van der Waals surface area (Å²) >= 11 is 0. The third kappa shape index (κ3) is 4.98. The van der Waals surface area contributed by atoms with E-state index in [1.165, 1.54) is 24.9 Å². The Morgan fingerprint density at radius 2 is 1.66 bits per heavy atom. The van der Waals surface area contributed by atoms with Crippen LogP contribution in [0.3, 0.4) is 0 Å². The van der Waals surface area contributed by atoms with Crippen molar-refractivity contribution in [1.29, 1.82) is 0 Å². The molecule has 2 aromatic carbocycles. The van der Waals surface area contributed by atoms with E-state index in [0.717, 1.165) is 25.6 Å². The van der Waals surface area contributed by atoms with Gasteiger partial charge in [-0.15, -0.1) is 0 Å². The van der Waals surface area contributed by atoms with Gasteiger partial charge in [0.1, 0.15) is 0 Å². The topological polar surface area (TPSA) is 61.6 Å². The van der Waals surface area contributed by atoms with Gasteiger partial charge in [-0.05, 0) is 62.4 Å². The van der Waals surface area contributed by atoms with Crippen molar-refractivity contribution in [2.75, 3.05) is 30.7 Å². The van der Waals surface area contributed by atoms with Crippen molar-refractivity contribution >= 4 is 17.3 Å². The molecule has 2 atom stereocenters. The molecular weight excluding hydrogens is 360 g/mol. The first-order valence-electron chi connectivity index (χ1n) is 10.7. The van der Waals surface area contributed by atoms with Crippen LogP contribution >= 0.6 is 0 Å². The predicted molar refractivity (Wildman–Crippen MR) is 119 cm³/mol. The van der Waals surface area contributed by atoms with Crippen LogP contribution in [0.2, 0.25) is 0 Å². The Hall–Kier alpha value is -2.37. The van der Waals surface area contributed by atoms with Crippen LogP contribution in [0.25, 0.3) is 0 Å². The monoisotopic (exact) mass is 392 g/mol. The third-order valence-corrected chi connectivity index (χ3v) is 6.24. The average Bonchev–Trinajstić information content (AvgIpc) is 3.52. The Kier molecular flexibility index (Phi) is 5.88. The van der Waals surface area contributed by atoms with Crippen LogP contribution in [-0.2, 0) is 6.54 Å². The lowest BCUT2D eigenvalue weighted by Gasteiger charge is -2.44. The number of amides is 1. The number of nitrogens with one attached hydrogen (secondary N) is 1. The smallest absolute Gasteiger partial charge is 0.255 e. The molecule has 5 heteroatoms. The SMILES string of the molecule is CC1CN(CC2CC2)C(C)CN1Cc1ccc(C(=O)Nc2ccccc2N)cc1. The first-order valence-corrected chi connectivity index (χ1v) is 10.7. The van der Waals surface area contributed by atoms with Crippen molar-refractivity contribution in [3.05, 3.63) is 59.7 Å². The molecule has 1 amide bonds. The zero-order valence-corrected chi connectivity index (χ0v) is 17.5. The van der Waals surface area contributed by atoms with Crippen molar-refractivity contribution in [3.63, 3.8) is 0 Å². The summed E-state index contributed by atoms with van der Waals surface area (Å²) in [6.45, 7) is 9.13. The van der Waals surface area contributed by atoms with Gasteiger partial charge in [-0.25, -0.2) is 0 Å². The zero-order chi connectivity index (χ0) is 20.4. The maximum absolute atomic E-state index is 12.5. The number of carbonyl (C=O) groups is 1. The number of nitrogens with two attached hydrogens (primary N) is 1. The second-order valence-corrected chi connectivity index (χ2v) is 8.76. The predicted octanol–water partition coefficient (Wildman–Crippen LogP) is 3.83. The normalized spacial score (nSPS) is 23.1. The molecule has 2 aliphatic rings. The minimum Gasteiger partial charge on any atom is -0.397 e. The summed E-state index contributed by atoms with van der Waals surface area (Å²) in [5.74, 6) is 0.811. The van der Waals surface area contributed by atoms with Gasteiger partial charge in [0.2, 0.25) is 0 Å². The minimum absolute atomic E-state index is 0.134. The Bertz CT molecular complexity index is 846. The Labute approximate surface area is 173 Å². The number of nitrogen functional groups attached to an aromatic ring is 1. The van der Waals surface area contributed by atoms with Crippen LogP contribution in [0.4, 0.5) is 11.4 Å². The summed E-state index contributed by atoms with van der Waals surface area (Å²) in [7, 11) is 0. The first-order chi connectivity index (χ1) is 14.0. The minimum atomic E-state index is -0.134. The molecule has 1 saturated heterocycles. The molecule has 0 spiro atoms. The van der Waals surface area contributed by atoms with E-state index in [4.69, 9.17) is 5.73 Å². The summed E-state index contributed by atoms with van der Waals surface area (Å²) in [4.78, 5) is 17.7. The third-order valence-electron chi connectivity index (χ3n) is 6.24. The van der Waals surface area contributed by atoms with Gasteiger partial charge in [0.15, 0.2) is 0 Å². The molecule has 2 aromatic rings. The van der Waals surface area contributed by atoms with Crippen LogP contribution in [0.15, 0.2) is 48.5 Å². The Balaban J connectivity index is 1.34. The van der Waals surface area contributed by atoms with E-state index in [0.29, 0.717) is 29.0 Å². The number of carbonyl (C=O) groups excluding carboxylic acids is 1. The highest BCUT2D eigenvalue weighted by atomic mass is 16.1. The summed E-state index contributed by atoms with van der Waals surface area (Å²) in [5.41, 5.74) is 9.02. The Morgan fingerprint density at radius 1 is 1.00 bits per heavy atom. The van der Waals surface area contributed by atoms with Crippen molar-refractivity contribution in [3.8, 4) is 0 Å². The summed E-state index contributed by atoms with van der Waals surface area (Å²) in [6, 6.07) is 16.4. The quantitative estimate of drug-likeness (QED) is 0.734. The second-order valence-electron chi connectivity index (χ2n) is 8.76. The molecule has 154 valence electrons. The fraction of sp³-hybridized carbons (Fsp3) is 0.458. The maximum Gasteiger partial charge on any atom is 0.255 e. The molecule has 29 heavy (non-hydrogen) atoms. The van der Waals surface area contributed by atoms with Gasteiger partial charge in [0.05, 0.1) is 11.4 Å². The lowest BCUT2D eigenvalue weighted by Crippen LogP contribution is -2.56. The Morgan fingerprint density at radius 3 is 2.34 bits per heavy atom. The van der Waals surface area contributed by atoms with Gasteiger partial charge in [-0.1, -0.05) is 24.3 Å². The molecular formula is C24H32N4O. The number of hydrogen-bond donors (Lipinski definition) is 2. The highest BCUT2D eigenvalue weighted by Gasteiger charge is 2.32. The van der Waals surface area contributed by atoms with E-state index < -0.39 is 0 Å². The maximum atomic E-state index is 12.5. The number of para-hydroxylation sites is 2. The molecule has 2 unspecified atom stereocenters. The van der Waals surface area contributed by atoms with E-state index in [1.807, 2.05) is 30.3 Å². The van der Waals surface area contributed by atoms with Crippen LogP contribution in [-0.4, -0.2) is 47.4 Å². The van der Waals surface area contributed by atoms with Gasteiger partial charge in [0.25, 0.3) is 5.91 Å².